The summed E-state index contributed by atoms with van der Waals surface area (Å²) < 4.78 is 22.9. The largest absolute Gasteiger partial charge is 0.467 e. The van der Waals surface area contributed by atoms with Gasteiger partial charge in [-0.2, -0.15) is 31.7 Å². The number of methoxy groups -OCH3 is 2. The number of aliphatic hydroxyl groups excluding tert-OH is 2. The van der Waals surface area contributed by atoms with Crippen LogP contribution in [0.5, 0.6) is 24.0 Å². The third-order valence-electron chi connectivity index (χ3n) is 7.59. The zero-order valence-electron chi connectivity index (χ0n) is 28.2. The third-order valence-corrected chi connectivity index (χ3v) is 8.69. The minimum Gasteiger partial charge on any atom is -0.467 e. The maximum Gasteiger partial charge on any atom is 0.323 e. The number of aliphatic hydroxyl groups is 2. The van der Waals surface area contributed by atoms with Crippen LogP contribution in [0.4, 0.5) is 0 Å². The Bertz CT molecular complexity index is 1180. The summed E-state index contributed by atoms with van der Waals surface area (Å²) in [5.41, 5.74) is -0.500. The van der Waals surface area contributed by atoms with Crippen molar-refractivity contribution in [3.8, 4) is 24.0 Å². The van der Waals surface area contributed by atoms with Crippen LogP contribution in [0.1, 0.15) is 105 Å². The SMILES string of the molecule is COc1nc(OC2CC(C)(C)NC(C)(C)C2)nc(C(O)CSCC(O)c2nc(OC)nc(OC3CC(C)(C)NC(C)(C)C3)n2)n1. The van der Waals surface area contributed by atoms with E-state index in [-0.39, 0.29) is 81.6 Å². The molecule has 2 aliphatic rings. The van der Waals surface area contributed by atoms with Crippen LogP contribution in [0.25, 0.3) is 0 Å². The summed E-state index contributed by atoms with van der Waals surface area (Å²) in [6.45, 7) is 17.1. The number of nitrogens with zero attached hydrogens (tertiary/aromatic N) is 6. The quantitative estimate of drug-likeness (QED) is 0.263. The zero-order chi connectivity index (χ0) is 33.2. The Kier molecular flexibility index (Phi) is 10.7. The van der Waals surface area contributed by atoms with E-state index < -0.39 is 12.2 Å². The number of hydrogen-bond donors (Lipinski definition) is 4. The highest BCUT2D eigenvalue weighted by molar-refractivity contribution is 7.99. The first-order valence-electron chi connectivity index (χ1n) is 15.3. The lowest BCUT2D eigenvalue weighted by molar-refractivity contribution is 0.0476. The third kappa shape index (κ3) is 10.2. The van der Waals surface area contributed by atoms with E-state index in [1.54, 1.807) is 0 Å². The van der Waals surface area contributed by atoms with Crippen molar-refractivity contribution in [2.45, 2.75) is 128 Å². The lowest BCUT2D eigenvalue weighted by Crippen LogP contribution is -2.60. The molecule has 0 aromatic carbocycles. The van der Waals surface area contributed by atoms with Crippen LogP contribution >= 0.6 is 11.8 Å². The Balaban J connectivity index is 1.38. The van der Waals surface area contributed by atoms with Crippen LogP contribution < -0.4 is 29.6 Å². The van der Waals surface area contributed by atoms with Gasteiger partial charge in [0.15, 0.2) is 11.6 Å². The topological polar surface area (TPSA) is 179 Å². The van der Waals surface area contributed by atoms with Crippen molar-refractivity contribution in [3.05, 3.63) is 11.6 Å². The molecule has 2 aliphatic heterocycles. The molecule has 2 aromatic heterocycles. The average Bonchev–Trinajstić information content (AvgIpc) is 2.88. The van der Waals surface area contributed by atoms with Gasteiger partial charge in [-0.05, 0) is 55.4 Å². The van der Waals surface area contributed by atoms with Gasteiger partial charge in [0.1, 0.15) is 24.4 Å². The maximum absolute atomic E-state index is 11.0. The second-order valence-electron chi connectivity index (χ2n) is 14.6. The summed E-state index contributed by atoms with van der Waals surface area (Å²) >= 11 is 1.29. The number of aromatic nitrogens is 6. The van der Waals surface area contributed by atoms with E-state index in [9.17, 15) is 10.2 Å². The van der Waals surface area contributed by atoms with Gasteiger partial charge in [0.05, 0.1) is 14.2 Å². The molecule has 0 saturated carbocycles. The van der Waals surface area contributed by atoms with E-state index in [4.69, 9.17) is 18.9 Å². The lowest BCUT2D eigenvalue weighted by Gasteiger charge is -2.45. The molecule has 4 rings (SSSR count). The summed E-state index contributed by atoms with van der Waals surface area (Å²) in [5.74, 6) is 0.609. The van der Waals surface area contributed by atoms with Gasteiger partial charge in [-0.3, -0.25) is 0 Å². The molecular weight excluding hydrogens is 600 g/mol. The van der Waals surface area contributed by atoms with Crippen LogP contribution in [0.3, 0.4) is 0 Å². The first-order valence-corrected chi connectivity index (χ1v) is 16.5. The molecule has 252 valence electrons. The van der Waals surface area contributed by atoms with Crippen LogP contribution in [-0.2, 0) is 0 Å². The molecule has 2 saturated heterocycles. The molecule has 0 amide bonds. The normalized spacial score (nSPS) is 22.3. The molecule has 14 nitrogen and oxygen atoms in total. The van der Waals surface area contributed by atoms with Crippen molar-refractivity contribution < 1.29 is 29.2 Å². The Morgan fingerprint density at radius 2 is 0.911 bits per heavy atom. The highest BCUT2D eigenvalue weighted by Gasteiger charge is 2.40. The maximum atomic E-state index is 11.0. The number of rotatable bonds is 12. The standard InChI is InChI=1S/C30H50N8O6S/c1-27(2)11-17(12-28(3,4)37-27)43-25-33-21(31-23(35-25)41-9)19(39)15-45-16-20(40)22-32-24(42-10)36-26(34-22)44-18-13-29(5,6)38-30(7,8)14-18/h17-20,37-40H,11-16H2,1-10H3. The summed E-state index contributed by atoms with van der Waals surface area (Å²) in [5, 5.41) is 29.2. The van der Waals surface area contributed by atoms with E-state index in [1.165, 1.54) is 26.0 Å². The minimum atomic E-state index is -1.07. The molecule has 0 radical (unpaired) electrons. The first-order chi connectivity index (χ1) is 20.9. The number of nitrogens with one attached hydrogen (secondary N) is 2. The molecule has 0 bridgehead atoms. The minimum absolute atomic E-state index is 0.0527. The van der Waals surface area contributed by atoms with Crippen LogP contribution in [0, 0.1) is 0 Å². The fourth-order valence-corrected chi connectivity index (χ4v) is 7.53. The van der Waals surface area contributed by atoms with Crippen molar-refractivity contribution in [2.75, 3.05) is 25.7 Å². The monoisotopic (exact) mass is 650 g/mol. The fourth-order valence-electron chi connectivity index (χ4n) is 6.65. The summed E-state index contributed by atoms with van der Waals surface area (Å²) in [6.07, 6.45) is 0.656. The van der Waals surface area contributed by atoms with Crippen molar-refractivity contribution >= 4 is 11.8 Å². The molecule has 0 spiro atoms. The molecule has 2 fully saturated rings. The van der Waals surface area contributed by atoms with Gasteiger partial charge in [-0.15, -0.1) is 9.97 Å². The second kappa shape index (κ2) is 13.6. The number of piperidine rings is 2. The van der Waals surface area contributed by atoms with Gasteiger partial charge in [0, 0.05) is 59.3 Å². The number of thioether (sulfide) groups is 1. The van der Waals surface area contributed by atoms with E-state index in [2.05, 4.69) is 95.9 Å². The van der Waals surface area contributed by atoms with Gasteiger partial charge in [-0.1, -0.05) is 0 Å². The first kappa shape index (κ1) is 35.3. The smallest absolute Gasteiger partial charge is 0.323 e. The van der Waals surface area contributed by atoms with E-state index in [1.807, 2.05) is 0 Å². The average molecular weight is 651 g/mol. The summed E-state index contributed by atoms with van der Waals surface area (Å²) in [4.78, 5) is 25.8. The molecule has 2 unspecified atom stereocenters. The van der Waals surface area contributed by atoms with Gasteiger partial charge < -0.3 is 39.8 Å². The molecule has 2 aromatic rings. The molecule has 4 N–H and O–H groups in total. The highest BCUT2D eigenvalue weighted by Crippen LogP contribution is 2.33. The highest BCUT2D eigenvalue weighted by atomic mass is 32.2. The number of hydrogen-bond acceptors (Lipinski definition) is 15. The van der Waals surface area contributed by atoms with Crippen LogP contribution in [-0.4, -0.2) is 100 Å². The van der Waals surface area contributed by atoms with E-state index in [0.29, 0.717) is 0 Å². The Morgan fingerprint density at radius 3 is 1.22 bits per heavy atom. The van der Waals surface area contributed by atoms with E-state index >= 15 is 0 Å². The number of ether oxygens (including phenoxy) is 4. The van der Waals surface area contributed by atoms with Gasteiger partial charge in [0.2, 0.25) is 0 Å². The molecule has 2 atom stereocenters. The molecule has 0 aliphatic carbocycles. The van der Waals surface area contributed by atoms with Crippen molar-refractivity contribution in [1.82, 2.24) is 40.5 Å². The second-order valence-corrected chi connectivity index (χ2v) is 15.7. The summed E-state index contributed by atoms with van der Waals surface area (Å²) in [6, 6.07) is 0.309. The van der Waals surface area contributed by atoms with Gasteiger partial charge >= 0.3 is 24.0 Å². The Morgan fingerprint density at radius 1 is 0.600 bits per heavy atom. The van der Waals surface area contributed by atoms with Crippen LogP contribution in [0.2, 0.25) is 0 Å². The molecule has 15 heteroatoms. The van der Waals surface area contributed by atoms with Crippen molar-refractivity contribution in [1.29, 1.82) is 0 Å². The lowest BCUT2D eigenvalue weighted by atomic mass is 9.81. The van der Waals surface area contributed by atoms with Crippen LogP contribution in [0.15, 0.2) is 0 Å². The predicted molar refractivity (Wildman–Crippen MR) is 170 cm³/mol. The Labute approximate surface area is 270 Å². The van der Waals surface area contributed by atoms with E-state index in [0.717, 1.165) is 25.7 Å². The predicted octanol–water partition coefficient (Wildman–Crippen LogP) is 2.95. The Hall–Kier alpha value is -2.59. The van der Waals surface area contributed by atoms with Crippen molar-refractivity contribution in [2.24, 2.45) is 0 Å². The van der Waals surface area contributed by atoms with Gasteiger partial charge in [-0.25, -0.2) is 0 Å². The molecule has 45 heavy (non-hydrogen) atoms. The van der Waals surface area contributed by atoms with Crippen molar-refractivity contribution in [3.63, 3.8) is 0 Å². The zero-order valence-corrected chi connectivity index (χ0v) is 29.0. The summed E-state index contributed by atoms with van der Waals surface area (Å²) in [7, 11) is 2.90. The molecule has 4 heterocycles. The fraction of sp³-hybridized carbons (Fsp3) is 0.800. The van der Waals surface area contributed by atoms with Gasteiger partial charge in [0.25, 0.3) is 0 Å². The molecular formula is C30H50N8O6S.